The summed E-state index contributed by atoms with van der Waals surface area (Å²) >= 11 is 3.35. The number of carbonyl (C=O) groups excluding carboxylic acids is 1. The summed E-state index contributed by atoms with van der Waals surface area (Å²) in [6.07, 6.45) is 3.34. The molecule has 4 heterocycles. The quantitative estimate of drug-likeness (QED) is 0.620. The molecule has 28 heavy (non-hydrogen) atoms. The van der Waals surface area contributed by atoms with E-state index in [1.807, 2.05) is 24.3 Å². The van der Waals surface area contributed by atoms with Gasteiger partial charge in [0.25, 0.3) is 5.91 Å². The van der Waals surface area contributed by atoms with Crippen molar-refractivity contribution < 1.29 is 9.53 Å². The third-order valence-electron chi connectivity index (χ3n) is 4.79. The molecule has 1 atom stereocenters. The van der Waals surface area contributed by atoms with E-state index in [0.717, 1.165) is 16.8 Å². The summed E-state index contributed by atoms with van der Waals surface area (Å²) in [6.45, 7) is 6.27. The van der Waals surface area contributed by atoms with Crippen molar-refractivity contribution in [2.24, 2.45) is 0 Å². The van der Waals surface area contributed by atoms with E-state index < -0.39 is 6.04 Å². The smallest absolute Gasteiger partial charge is 0.280 e. The normalized spacial score (nSPS) is 16.4. The van der Waals surface area contributed by atoms with E-state index in [-0.39, 0.29) is 11.3 Å². The standard InChI is InChI=1S/C20H20BrN5O2/c1-20(2,3)17-14-15(24-25-17)19(27)26(11-7-8-13(21)23-10-11)16(14)12-6-5-9-22-18(12)28-4/h5-10,16H,1-4H3,(H,24,25)/t16-/m0/s1. The Morgan fingerprint density at radius 1 is 1.21 bits per heavy atom. The molecule has 8 heteroatoms. The number of H-pyrrole nitrogens is 1. The first-order chi connectivity index (χ1) is 13.3. The topological polar surface area (TPSA) is 84.0 Å². The summed E-state index contributed by atoms with van der Waals surface area (Å²) in [7, 11) is 1.58. The van der Waals surface area contributed by atoms with Crippen LogP contribution in [0.1, 0.15) is 54.1 Å². The molecule has 0 saturated heterocycles. The van der Waals surface area contributed by atoms with E-state index in [4.69, 9.17) is 4.74 Å². The molecule has 4 rings (SSSR count). The number of pyridine rings is 2. The number of rotatable bonds is 3. The molecule has 1 aliphatic rings. The van der Waals surface area contributed by atoms with Crippen LogP contribution in [0.25, 0.3) is 0 Å². The van der Waals surface area contributed by atoms with Gasteiger partial charge in [0, 0.05) is 28.4 Å². The molecule has 0 unspecified atom stereocenters. The van der Waals surface area contributed by atoms with Crippen LogP contribution < -0.4 is 9.64 Å². The minimum Gasteiger partial charge on any atom is -0.481 e. The zero-order valence-corrected chi connectivity index (χ0v) is 17.6. The number of anilines is 1. The van der Waals surface area contributed by atoms with Crippen molar-refractivity contribution in [2.45, 2.75) is 32.2 Å². The number of hydrogen-bond donors (Lipinski definition) is 1. The molecule has 0 aliphatic carbocycles. The molecule has 1 aliphatic heterocycles. The number of aromatic amines is 1. The maximum Gasteiger partial charge on any atom is 0.280 e. The zero-order valence-electron chi connectivity index (χ0n) is 16.0. The number of aromatic nitrogens is 4. The molecule has 0 spiro atoms. The fourth-order valence-corrected chi connectivity index (χ4v) is 3.80. The maximum absolute atomic E-state index is 13.3. The second kappa shape index (κ2) is 6.70. The van der Waals surface area contributed by atoms with Gasteiger partial charge < -0.3 is 4.74 Å². The number of nitrogens with one attached hydrogen (secondary N) is 1. The van der Waals surface area contributed by atoms with Gasteiger partial charge in [-0.1, -0.05) is 20.8 Å². The lowest BCUT2D eigenvalue weighted by Crippen LogP contribution is -2.30. The van der Waals surface area contributed by atoms with Crippen molar-refractivity contribution in [3.05, 3.63) is 63.8 Å². The van der Waals surface area contributed by atoms with Gasteiger partial charge in [-0.05, 0) is 40.2 Å². The predicted molar refractivity (Wildman–Crippen MR) is 109 cm³/mol. The number of methoxy groups -OCH3 is 1. The lowest BCUT2D eigenvalue weighted by molar-refractivity contribution is 0.0988. The molecule has 1 N–H and O–H groups in total. The van der Waals surface area contributed by atoms with Crippen LogP contribution in [0.3, 0.4) is 0 Å². The van der Waals surface area contributed by atoms with E-state index in [1.165, 1.54) is 0 Å². The molecule has 0 fully saturated rings. The molecule has 0 saturated carbocycles. The third kappa shape index (κ3) is 2.88. The Hall–Kier alpha value is -2.74. The Labute approximate surface area is 171 Å². The van der Waals surface area contributed by atoms with E-state index in [2.05, 4.69) is 56.9 Å². The van der Waals surface area contributed by atoms with Crippen LogP contribution in [-0.4, -0.2) is 33.2 Å². The number of fused-ring (bicyclic) bond motifs is 1. The number of halogens is 1. The van der Waals surface area contributed by atoms with Gasteiger partial charge in [0.2, 0.25) is 5.88 Å². The van der Waals surface area contributed by atoms with Crippen LogP contribution in [0.5, 0.6) is 5.88 Å². The van der Waals surface area contributed by atoms with Crippen LogP contribution in [-0.2, 0) is 5.41 Å². The van der Waals surface area contributed by atoms with Gasteiger partial charge in [0.1, 0.15) is 4.60 Å². The largest absolute Gasteiger partial charge is 0.481 e. The van der Waals surface area contributed by atoms with Gasteiger partial charge in [-0.25, -0.2) is 9.97 Å². The molecule has 144 valence electrons. The molecule has 3 aromatic rings. The first-order valence-electron chi connectivity index (χ1n) is 8.85. The van der Waals surface area contributed by atoms with Crippen LogP contribution in [0.4, 0.5) is 5.69 Å². The second-order valence-electron chi connectivity index (χ2n) is 7.63. The highest BCUT2D eigenvalue weighted by atomic mass is 79.9. The van der Waals surface area contributed by atoms with E-state index >= 15 is 0 Å². The molecular formula is C20H20BrN5O2. The first-order valence-corrected chi connectivity index (χ1v) is 9.65. The number of ether oxygens (including phenoxy) is 1. The fourth-order valence-electron chi connectivity index (χ4n) is 3.57. The molecule has 0 bridgehead atoms. The van der Waals surface area contributed by atoms with Crippen LogP contribution in [0.15, 0.2) is 41.3 Å². The zero-order chi connectivity index (χ0) is 20.1. The van der Waals surface area contributed by atoms with Gasteiger partial charge in [-0.2, -0.15) is 5.10 Å². The molecule has 0 radical (unpaired) electrons. The fraction of sp³-hybridized carbons (Fsp3) is 0.300. The van der Waals surface area contributed by atoms with Crippen molar-refractivity contribution >= 4 is 27.5 Å². The van der Waals surface area contributed by atoms with Gasteiger partial charge in [-0.15, -0.1) is 0 Å². The molecule has 3 aromatic heterocycles. The van der Waals surface area contributed by atoms with Crippen molar-refractivity contribution in [3.8, 4) is 5.88 Å². The molecule has 0 aromatic carbocycles. The summed E-state index contributed by atoms with van der Waals surface area (Å²) in [5.41, 5.74) is 3.45. The van der Waals surface area contributed by atoms with E-state index in [0.29, 0.717) is 21.9 Å². The summed E-state index contributed by atoms with van der Waals surface area (Å²) in [5.74, 6) is 0.297. The van der Waals surface area contributed by atoms with Crippen molar-refractivity contribution in [1.82, 2.24) is 20.2 Å². The van der Waals surface area contributed by atoms with Crippen LogP contribution in [0.2, 0.25) is 0 Å². The number of nitrogens with zero attached hydrogens (tertiary/aromatic N) is 4. The Kier molecular flexibility index (Phi) is 4.45. The van der Waals surface area contributed by atoms with Gasteiger partial charge in [0.15, 0.2) is 5.69 Å². The van der Waals surface area contributed by atoms with Gasteiger partial charge in [-0.3, -0.25) is 14.8 Å². The average molecular weight is 442 g/mol. The lowest BCUT2D eigenvalue weighted by atomic mass is 9.86. The Morgan fingerprint density at radius 3 is 2.64 bits per heavy atom. The van der Waals surface area contributed by atoms with Crippen LogP contribution >= 0.6 is 15.9 Å². The lowest BCUT2D eigenvalue weighted by Gasteiger charge is -2.28. The van der Waals surface area contributed by atoms with Crippen LogP contribution in [0, 0.1) is 0 Å². The van der Waals surface area contributed by atoms with Crippen molar-refractivity contribution in [2.75, 3.05) is 12.0 Å². The highest BCUT2D eigenvalue weighted by Gasteiger charge is 2.46. The Morgan fingerprint density at radius 2 is 2.00 bits per heavy atom. The van der Waals surface area contributed by atoms with E-state index in [1.54, 1.807) is 24.4 Å². The van der Waals surface area contributed by atoms with Gasteiger partial charge >= 0.3 is 0 Å². The summed E-state index contributed by atoms with van der Waals surface area (Å²) in [5, 5.41) is 7.44. The number of amides is 1. The predicted octanol–water partition coefficient (Wildman–Crippen LogP) is 4.02. The highest BCUT2D eigenvalue weighted by Crippen LogP contribution is 2.46. The SMILES string of the molecule is COc1ncccc1[C@H]1c2c(n[nH]c2C(C)(C)C)C(=O)N1c1ccc(Br)nc1. The molecular weight excluding hydrogens is 422 g/mol. The number of carbonyl (C=O) groups is 1. The van der Waals surface area contributed by atoms with E-state index in [9.17, 15) is 4.79 Å². The maximum atomic E-state index is 13.3. The summed E-state index contributed by atoms with van der Waals surface area (Å²) < 4.78 is 6.21. The molecule has 1 amide bonds. The minimum absolute atomic E-state index is 0.179. The third-order valence-corrected chi connectivity index (χ3v) is 5.25. The van der Waals surface area contributed by atoms with Gasteiger partial charge in [0.05, 0.1) is 25.0 Å². The second-order valence-corrected chi connectivity index (χ2v) is 8.44. The number of hydrogen-bond acceptors (Lipinski definition) is 5. The highest BCUT2D eigenvalue weighted by molar-refractivity contribution is 9.10. The van der Waals surface area contributed by atoms with Crippen molar-refractivity contribution in [3.63, 3.8) is 0 Å². The summed E-state index contributed by atoms with van der Waals surface area (Å²) in [6, 6.07) is 7.03. The monoisotopic (exact) mass is 441 g/mol. The minimum atomic E-state index is -0.415. The summed E-state index contributed by atoms with van der Waals surface area (Å²) in [4.78, 5) is 23.7. The molecule has 7 nitrogen and oxygen atoms in total. The average Bonchev–Trinajstić information content (AvgIpc) is 3.22. The first kappa shape index (κ1) is 18.6. The Balaban J connectivity index is 1.98. The van der Waals surface area contributed by atoms with Crippen molar-refractivity contribution in [1.29, 1.82) is 0 Å². The Bertz CT molecular complexity index is 1040.